The minimum absolute atomic E-state index is 0.246. The Bertz CT molecular complexity index is 777. The van der Waals surface area contributed by atoms with E-state index in [-0.39, 0.29) is 6.10 Å². The smallest absolute Gasteiger partial charge is 0.124 e. The average Bonchev–Trinajstić information content (AvgIpc) is 3.24. The number of hydrogen-bond acceptors (Lipinski definition) is 3. The van der Waals surface area contributed by atoms with Gasteiger partial charge in [0.05, 0.1) is 6.10 Å². The molecule has 1 aliphatic carbocycles. The van der Waals surface area contributed by atoms with Crippen LogP contribution in [0.2, 0.25) is 0 Å². The third-order valence-corrected chi connectivity index (χ3v) is 5.76. The summed E-state index contributed by atoms with van der Waals surface area (Å²) in [5.74, 6) is 0.994. The highest BCUT2D eigenvalue weighted by Crippen LogP contribution is 2.29. The average molecular weight is 366 g/mol. The molecule has 3 nitrogen and oxygen atoms in total. The van der Waals surface area contributed by atoms with Gasteiger partial charge < -0.3 is 14.8 Å². The van der Waals surface area contributed by atoms with Gasteiger partial charge in [0.15, 0.2) is 0 Å². The summed E-state index contributed by atoms with van der Waals surface area (Å²) in [6.07, 6.45) is 11.4. The monoisotopic (exact) mass is 365 g/mol. The summed E-state index contributed by atoms with van der Waals surface area (Å²) in [5.41, 5.74) is 2.89. The van der Waals surface area contributed by atoms with Crippen molar-refractivity contribution in [3.05, 3.63) is 53.6 Å². The first-order valence-corrected chi connectivity index (χ1v) is 10.5. The molecule has 1 aliphatic heterocycles. The van der Waals surface area contributed by atoms with E-state index < -0.39 is 0 Å². The highest BCUT2D eigenvalue weighted by atomic mass is 16.5. The summed E-state index contributed by atoms with van der Waals surface area (Å²) < 4.78 is 11.9. The van der Waals surface area contributed by atoms with Crippen LogP contribution in [0.1, 0.15) is 50.5 Å². The number of hydrogen-bond donors (Lipinski definition) is 1. The summed E-state index contributed by atoms with van der Waals surface area (Å²) in [6.45, 7) is 3.39. The molecule has 4 rings (SSSR count). The SMILES string of the molecule is C1=C(CCNCc2c(OCC3CCCO3)ccc3ccccc23)CCCC1. The Morgan fingerprint density at radius 2 is 2.04 bits per heavy atom. The van der Waals surface area contributed by atoms with E-state index in [1.165, 1.54) is 42.0 Å². The van der Waals surface area contributed by atoms with Crippen molar-refractivity contribution in [2.75, 3.05) is 19.8 Å². The second kappa shape index (κ2) is 9.38. The van der Waals surface area contributed by atoms with Crippen LogP contribution in [0.15, 0.2) is 48.0 Å². The van der Waals surface area contributed by atoms with E-state index in [4.69, 9.17) is 9.47 Å². The number of ether oxygens (including phenoxy) is 2. The normalized spacial score (nSPS) is 20.0. The molecule has 0 amide bonds. The second-order valence-corrected chi connectivity index (χ2v) is 7.74. The fourth-order valence-corrected chi connectivity index (χ4v) is 4.19. The molecular formula is C24H31NO2. The molecule has 0 saturated carbocycles. The molecule has 0 spiro atoms. The zero-order valence-corrected chi connectivity index (χ0v) is 16.2. The quantitative estimate of drug-likeness (QED) is 0.503. The molecule has 2 aromatic rings. The van der Waals surface area contributed by atoms with E-state index >= 15 is 0 Å². The predicted octanol–water partition coefficient (Wildman–Crippen LogP) is 5.38. The molecule has 0 aromatic heterocycles. The van der Waals surface area contributed by atoms with Crippen LogP contribution in [-0.2, 0) is 11.3 Å². The van der Waals surface area contributed by atoms with Crippen molar-refractivity contribution in [3.8, 4) is 5.75 Å². The van der Waals surface area contributed by atoms with E-state index in [0.717, 1.165) is 44.7 Å². The molecule has 1 saturated heterocycles. The van der Waals surface area contributed by atoms with Gasteiger partial charge >= 0.3 is 0 Å². The van der Waals surface area contributed by atoms with E-state index in [2.05, 4.69) is 47.8 Å². The number of benzene rings is 2. The van der Waals surface area contributed by atoms with Crippen molar-refractivity contribution in [1.29, 1.82) is 0 Å². The maximum absolute atomic E-state index is 6.20. The molecule has 1 atom stereocenters. The predicted molar refractivity (Wildman–Crippen MR) is 111 cm³/mol. The molecule has 2 aromatic carbocycles. The minimum atomic E-state index is 0.246. The summed E-state index contributed by atoms with van der Waals surface area (Å²) in [6, 6.07) is 12.9. The number of fused-ring (bicyclic) bond motifs is 1. The van der Waals surface area contributed by atoms with Gasteiger partial charge in [-0.15, -0.1) is 0 Å². The van der Waals surface area contributed by atoms with Gasteiger partial charge in [0.1, 0.15) is 12.4 Å². The molecule has 2 aliphatic rings. The van der Waals surface area contributed by atoms with Gasteiger partial charge in [0, 0.05) is 18.7 Å². The number of allylic oxidation sites excluding steroid dienone is 1. The van der Waals surface area contributed by atoms with Gasteiger partial charge in [-0.25, -0.2) is 0 Å². The van der Waals surface area contributed by atoms with Crippen LogP contribution in [0, 0.1) is 0 Å². The van der Waals surface area contributed by atoms with Crippen LogP contribution < -0.4 is 10.1 Å². The lowest BCUT2D eigenvalue weighted by molar-refractivity contribution is 0.0676. The zero-order chi connectivity index (χ0) is 18.3. The molecule has 1 unspecified atom stereocenters. The largest absolute Gasteiger partial charge is 0.491 e. The molecule has 1 N–H and O–H groups in total. The van der Waals surface area contributed by atoms with Crippen molar-refractivity contribution in [2.24, 2.45) is 0 Å². The van der Waals surface area contributed by atoms with Crippen molar-refractivity contribution < 1.29 is 9.47 Å². The topological polar surface area (TPSA) is 30.5 Å². The van der Waals surface area contributed by atoms with Crippen LogP contribution in [0.4, 0.5) is 0 Å². The Morgan fingerprint density at radius 1 is 1.07 bits per heavy atom. The van der Waals surface area contributed by atoms with Gasteiger partial charge in [-0.1, -0.05) is 42.0 Å². The molecule has 0 radical (unpaired) electrons. The second-order valence-electron chi connectivity index (χ2n) is 7.74. The maximum atomic E-state index is 6.20. The van der Waals surface area contributed by atoms with Gasteiger partial charge in [0.25, 0.3) is 0 Å². The summed E-state index contributed by atoms with van der Waals surface area (Å²) >= 11 is 0. The first-order chi connectivity index (χ1) is 13.4. The summed E-state index contributed by atoms with van der Waals surface area (Å²) in [5, 5.41) is 6.21. The van der Waals surface area contributed by atoms with Crippen LogP contribution in [0.3, 0.4) is 0 Å². The van der Waals surface area contributed by atoms with Crippen LogP contribution in [0.25, 0.3) is 10.8 Å². The van der Waals surface area contributed by atoms with Crippen molar-refractivity contribution in [3.63, 3.8) is 0 Å². The Labute approximate surface area is 162 Å². The Balaban J connectivity index is 1.42. The molecule has 27 heavy (non-hydrogen) atoms. The fraction of sp³-hybridized carbons (Fsp3) is 0.500. The van der Waals surface area contributed by atoms with Gasteiger partial charge in [-0.05, 0) is 68.3 Å². The third kappa shape index (κ3) is 4.91. The maximum Gasteiger partial charge on any atom is 0.124 e. The first kappa shape index (κ1) is 18.5. The van der Waals surface area contributed by atoms with Gasteiger partial charge in [0.2, 0.25) is 0 Å². The first-order valence-electron chi connectivity index (χ1n) is 10.5. The molecule has 144 valence electrons. The summed E-state index contributed by atoms with van der Waals surface area (Å²) in [4.78, 5) is 0. The Kier molecular flexibility index (Phi) is 6.44. The molecule has 3 heteroatoms. The van der Waals surface area contributed by atoms with Gasteiger partial charge in [-0.3, -0.25) is 0 Å². The summed E-state index contributed by atoms with van der Waals surface area (Å²) in [7, 11) is 0. The third-order valence-electron chi connectivity index (χ3n) is 5.76. The Hall–Kier alpha value is -1.84. The van der Waals surface area contributed by atoms with E-state index in [0.29, 0.717) is 6.61 Å². The lowest BCUT2D eigenvalue weighted by atomic mass is 9.97. The van der Waals surface area contributed by atoms with E-state index in [1.807, 2.05) is 0 Å². The molecule has 1 heterocycles. The highest BCUT2D eigenvalue weighted by Gasteiger charge is 2.17. The van der Waals surface area contributed by atoms with Gasteiger partial charge in [-0.2, -0.15) is 0 Å². The van der Waals surface area contributed by atoms with Crippen molar-refractivity contribution in [1.82, 2.24) is 5.32 Å². The molecule has 1 fully saturated rings. The fourth-order valence-electron chi connectivity index (χ4n) is 4.19. The van der Waals surface area contributed by atoms with Crippen LogP contribution in [-0.4, -0.2) is 25.9 Å². The van der Waals surface area contributed by atoms with E-state index in [1.54, 1.807) is 5.57 Å². The standard InChI is InChI=1S/C24H31NO2/c1-2-7-19(8-3-1)14-15-25-17-23-22-11-5-4-9-20(22)12-13-24(23)27-18-21-10-6-16-26-21/h4-5,7,9,11-13,21,25H,1-3,6,8,10,14-18H2. The number of rotatable bonds is 8. The lowest BCUT2D eigenvalue weighted by Gasteiger charge is -2.18. The highest BCUT2D eigenvalue weighted by molar-refractivity contribution is 5.87. The molecule has 0 bridgehead atoms. The van der Waals surface area contributed by atoms with Crippen molar-refractivity contribution >= 4 is 10.8 Å². The Morgan fingerprint density at radius 3 is 2.89 bits per heavy atom. The van der Waals surface area contributed by atoms with Crippen LogP contribution in [0.5, 0.6) is 5.75 Å². The molecular weight excluding hydrogens is 334 g/mol. The lowest BCUT2D eigenvalue weighted by Crippen LogP contribution is -2.19. The van der Waals surface area contributed by atoms with Crippen molar-refractivity contribution in [2.45, 2.75) is 57.6 Å². The zero-order valence-electron chi connectivity index (χ0n) is 16.2. The van der Waals surface area contributed by atoms with E-state index in [9.17, 15) is 0 Å². The van der Waals surface area contributed by atoms with Crippen LogP contribution >= 0.6 is 0 Å². The number of nitrogens with one attached hydrogen (secondary N) is 1. The minimum Gasteiger partial charge on any atom is -0.491 e.